The molecule has 2 heterocycles. The Morgan fingerprint density at radius 2 is 2.05 bits per heavy atom. The lowest BCUT2D eigenvalue weighted by Gasteiger charge is -2.37. The number of nitrogens with zero attached hydrogens (tertiary/aromatic N) is 4. The molecule has 1 fully saturated rings. The number of piperidine rings is 1. The fourth-order valence-electron chi connectivity index (χ4n) is 2.56. The molecule has 1 aromatic rings. The highest BCUT2D eigenvalue weighted by molar-refractivity contribution is 5.73. The molecule has 20 heavy (non-hydrogen) atoms. The van der Waals surface area contributed by atoms with E-state index in [1.165, 1.54) is 0 Å². The summed E-state index contributed by atoms with van der Waals surface area (Å²) in [6.45, 7) is 7.72. The minimum atomic E-state index is 0.146. The zero-order valence-electron chi connectivity index (χ0n) is 12.8. The van der Waals surface area contributed by atoms with Crippen molar-refractivity contribution in [3.8, 4) is 0 Å². The summed E-state index contributed by atoms with van der Waals surface area (Å²) < 4.78 is 0. The molecule has 0 aliphatic carbocycles. The van der Waals surface area contributed by atoms with Gasteiger partial charge in [-0.3, -0.25) is 4.79 Å². The van der Waals surface area contributed by atoms with Gasteiger partial charge in [0.15, 0.2) is 0 Å². The Bertz CT molecular complexity index is 467. The van der Waals surface area contributed by atoms with Crippen molar-refractivity contribution >= 4 is 11.7 Å². The van der Waals surface area contributed by atoms with Crippen molar-refractivity contribution in [1.29, 1.82) is 0 Å². The van der Waals surface area contributed by atoms with E-state index in [-0.39, 0.29) is 5.91 Å². The fraction of sp³-hybridized carbons (Fsp3) is 0.667. The van der Waals surface area contributed by atoms with Crippen LogP contribution in [0.2, 0.25) is 0 Å². The van der Waals surface area contributed by atoms with Gasteiger partial charge in [0.25, 0.3) is 0 Å². The lowest BCUT2D eigenvalue weighted by Crippen LogP contribution is -2.45. The van der Waals surface area contributed by atoms with Gasteiger partial charge in [0.2, 0.25) is 5.91 Å². The molecule has 0 aromatic carbocycles. The minimum absolute atomic E-state index is 0.146. The first-order chi connectivity index (χ1) is 9.49. The van der Waals surface area contributed by atoms with Crippen LogP contribution in [0.1, 0.15) is 45.4 Å². The van der Waals surface area contributed by atoms with Crippen LogP contribution in [0, 0.1) is 0 Å². The summed E-state index contributed by atoms with van der Waals surface area (Å²) in [5.41, 5.74) is 0. The summed E-state index contributed by atoms with van der Waals surface area (Å²) in [6, 6.07) is 2.33. The average molecular weight is 276 g/mol. The van der Waals surface area contributed by atoms with E-state index < -0.39 is 0 Å². The molecule has 1 amide bonds. The third-order valence-corrected chi connectivity index (χ3v) is 4.01. The number of anilines is 1. The Balaban J connectivity index is 2.00. The molecule has 0 atom stereocenters. The van der Waals surface area contributed by atoms with Crippen LogP contribution in [0.25, 0.3) is 0 Å². The van der Waals surface area contributed by atoms with Crippen molar-refractivity contribution in [1.82, 2.24) is 14.9 Å². The van der Waals surface area contributed by atoms with Crippen LogP contribution in [0.4, 0.5) is 5.82 Å². The highest BCUT2D eigenvalue weighted by atomic mass is 16.2. The van der Waals surface area contributed by atoms with Crippen molar-refractivity contribution in [2.45, 2.75) is 45.6 Å². The van der Waals surface area contributed by atoms with Crippen LogP contribution >= 0.6 is 0 Å². The molecule has 0 bridgehead atoms. The van der Waals surface area contributed by atoms with E-state index in [1.807, 2.05) is 24.2 Å². The molecule has 0 radical (unpaired) electrons. The standard InChI is InChI=1S/C15H24N4O/c1-11(2)15-16-8-5-14(17-15)19-9-6-13(7-10-19)18(4)12(3)20/h5,8,11,13H,6-7,9-10H2,1-4H3. The van der Waals surface area contributed by atoms with E-state index in [2.05, 4.69) is 28.7 Å². The molecule has 1 aliphatic rings. The molecule has 5 nitrogen and oxygen atoms in total. The van der Waals surface area contributed by atoms with Gasteiger partial charge in [0.05, 0.1) is 0 Å². The zero-order chi connectivity index (χ0) is 14.7. The molecular weight excluding hydrogens is 252 g/mol. The Morgan fingerprint density at radius 3 is 2.60 bits per heavy atom. The quantitative estimate of drug-likeness (QED) is 0.848. The number of rotatable bonds is 3. The zero-order valence-corrected chi connectivity index (χ0v) is 12.8. The van der Waals surface area contributed by atoms with Crippen LogP contribution in [-0.4, -0.2) is 47.0 Å². The van der Waals surface area contributed by atoms with Crippen LogP contribution in [0.3, 0.4) is 0 Å². The van der Waals surface area contributed by atoms with E-state index in [4.69, 9.17) is 0 Å². The minimum Gasteiger partial charge on any atom is -0.356 e. The molecule has 2 rings (SSSR count). The molecule has 1 aliphatic heterocycles. The van der Waals surface area contributed by atoms with E-state index in [0.717, 1.165) is 37.6 Å². The molecule has 110 valence electrons. The third-order valence-electron chi connectivity index (χ3n) is 4.01. The number of amides is 1. The first-order valence-corrected chi connectivity index (χ1v) is 7.30. The van der Waals surface area contributed by atoms with Gasteiger partial charge in [-0.1, -0.05) is 13.8 Å². The van der Waals surface area contributed by atoms with Crippen LogP contribution in [-0.2, 0) is 4.79 Å². The van der Waals surface area contributed by atoms with Crippen molar-refractivity contribution in [2.75, 3.05) is 25.0 Å². The van der Waals surface area contributed by atoms with Gasteiger partial charge in [0, 0.05) is 45.2 Å². The van der Waals surface area contributed by atoms with Gasteiger partial charge >= 0.3 is 0 Å². The Labute approximate surface area is 121 Å². The first-order valence-electron chi connectivity index (χ1n) is 7.30. The summed E-state index contributed by atoms with van der Waals surface area (Å²) >= 11 is 0. The molecule has 1 saturated heterocycles. The largest absolute Gasteiger partial charge is 0.356 e. The monoisotopic (exact) mass is 276 g/mol. The van der Waals surface area contributed by atoms with Crippen LogP contribution in [0.15, 0.2) is 12.3 Å². The topological polar surface area (TPSA) is 49.3 Å². The number of aromatic nitrogens is 2. The molecular formula is C15H24N4O. The predicted octanol–water partition coefficient (Wildman–Crippen LogP) is 2.05. The molecule has 0 N–H and O–H groups in total. The van der Waals surface area contributed by atoms with Crippen molar-refractivity contribution in [3.05, 3.63) is 18.1 Å². The van der Waals surface area contributed by atoms with Crippen molar-refractivity contribution in [2.24, 2.45) is 0 Å². The number of hydrogen-bond acceptors (Lipinski definition) is 4. The van der Waals surface area contributed by atoms with Gasteiger partial charge in [-0.05, 0) is 18.9 Å². The fourth-order valence-corrected chi connectivity index (χ4v) is 2.56. The molecule has 1 aromatic heterocycles. The SMILES string of the molecule is CC(=O)N(C)C1CCN(c2ccnc(C(C)C)n2)CC1. The van der Waals surface area contributed by atoms with E-state index in [1.54, 1.807) is 6.92 Å². The molecule has 5 heteroatoms. The number of carbonyl (C=O) groups is 1. The molecule has 0 saturated carbocycles. The lowest BCUT2D eigenvalue weighted by molar-refractivity contribution is -0.129. The summed E-state index contributed by atoms with van der Waals surface area (Å²) in [5.74, 6) is 2.39. The van der Waals surface area contributed by atoms with Gasteiger partial charge < -0.3 is 9.80 Å². The Morgan fingerprint density at radius 1 is 1.40 bits per heavy atom. The van der Waals surface area contributed by atoms with Crippen LogP contribution in [0.5, 0.6) is 0 Å². The number of hydrogen-bond donors (Lipinski definition) is 0. The van der Waals surface area contributed by atoms with Gasteiger partial charge in [-0.15, -0.1) is 0 Å². The number of carbonyl (C=O) groups excluding carboxylic acids is 1. The highest BCUT2D eigenvalue weighted by Gasteiger charge is 2.24. The smallest absolute Gasteiger partial charge is 0.219 e. The second-order valence-electron chi connectivity index (χ2n) is 5.78. The van der Waals surface area contributed by atoms with E-state index in [9.17, 15) is 4.79 Å². The maximum atomic E-state index is 11.4. The predicted molar refractivity (Wildman–Crippen MR) is 79.8 cm³/mol. The normalized spacial score (nSPS) is 16.6. The Hall–Kier alpha value is -1.65. The summed E-state index contributed by atoms with van der Waals surface area (Å²) in [4.78, 5) is 24.5. The second-order valence-corrected chi connectivity index (χ2v) is 5.78. The van der Waals surface area contributed by atoms with E-state index in [0.29, 0.717) is 12.0 Å². The summed E-state index contributed by atoms with van der Waals surface area (Å²) in [7, 11) is 1.89. The maximum absolute atomic E-state index is 11.4. The lowest BCUT2D eigenvalue weighted by atomic mass is 10.0. The summed E-state index contributed by atoms with van der Waals surface area (Å²) in [6.07, 6.45) is 3.83. The van der Waals surface area contributed by atoms with Crippen LogP contribution < -0.4 is 4.90 Å². The van der Waals surface area contributed by atoms with Crippen molar-refractivity contribution in [3.63, 3.8) is 0 Å². The second kappa shape index (κ2) is 6.20. The maximum Gasteiger partial charge on any atom is 0.219 e. The first kappa shape index (κ1) is 14.8. The van der Waals surface area contributed by atoms with Gasteiger partial charge in [-0.2, -0.15) is 0 Å². The Kier molecular flexibility index (Phi) is 4.57. The van der Waals surface area contributed by atoms with E-state index >= 15 is 0 Å². The van der Waals surface area contributed by atoms with Crippen molar-refractivity contribution < 1.29 is 4.79 Å². The third kappa shape index (κ3) is 3.26. The summed E-state index contributed by atoms with van der Waals surface area (Å²) in [5, 5.41) is 0. The highest BCUT2D eigenvalue weighted by Crippen LogP contribution is 2.21. The van der Waals surface area contributed by atoms with Gasteiger partial charge in [0.1, 0.15) is 11.6 Å². The average Bonchev–Trinajstić information content (AvgIpc) is 2.46. The molecule has 0 unspecified atom stereocenters. The molecule has 0 spiro atoms. The van der Waals surface area contributed by atoms with Gasteiger partial charge in [-0.25, -0.2) is 9.97 Å².